The van der Waals surface area contributed by atoms with E-state index in [1.807, 2.05) is 20.8 Å². The van der Waals surface area contributed by atoms with Crippen molar-refractivity contribution in [2.75, 3.05) is 0 Å². The highest BCUT2D eigenvalue weighted by molar-refractivity contribution is 5.26. The zero-order chi connectivity index (χ0) is 14.8. The third kappa shape index (κ3) is 2.88. The van der Waals surface area contributed by atoms with E-state index in [0.29, 0.717) is 6.42 Å². The summed E-state index contributed by atoms with van der Waals surface area (Å²) in [5, 5.41) is 14.6. The molecule has 0 aliphatic carbocycles. The highest BCUT2D eigenvalue weighted by Crippen LogP contribution is 2.29. The van der Waals surface area contributed by atoms with Crippen molar-refractivity contribution in [3.8, 4) is 0 Å². The third-order valence-electron chi connectivity index (χ3n) is 3.79. The Morgan fingerprint density at radius 3 is 2.55 bits per heavy atom. The first-order valence-electron chi connectivity index (χ1n) is 6.76. The van der Waals surface area contributed by atoms with Gasteiger partial charge in [0, 0.05) is 18.4 Å². The van der Waals surface area contributed by atoms with E-state index in [1.54, 1.807) is 16.8 Å². The average molecular weight is 277 g/mol. The second-order valence-corrected chi connectivity index (χ2v) is 5.44. The third-order valence-corrected chi connectivity index (χ3v) is 3.79. The van der Waals surface area contributed by atoms with Gasteiger partial charge in [-0.15, -0.1) is 0 Å². The number of halogens is 1. The summed E-state index contributed by atoms with van der Waals surface area (Å²) >= 11 is 0. The van der Waals surface area contributed by atoms with Crippen LogP contribution in [0.25, 0.3) is 0 Å². The van der Waals surface area contributed by atoms with Gasteiger partial charge in [0.1, 0.15) is 18.0 Å². The van der Waals surface area contributed by atoms with E-state index in [0.717, 1.165) is 17.9 Å². The molecule has 1 atom stereocenters. The molecule has 1 unspecified atom stereocenters. The smallest absolute Gasteiger partial charge is 0.138 e. The number of aryl methyl sites for hydroxylation is 1. The van der Waals surface area contributed by atoms with Gasteiger partial charge in [-0.05, 0) is 24.6 Å². The molecule has 108 valence electrons. The fourth-order valence-corrected chi connectivity index (χ4v) is 2.21. The summed E-state index contributed by atoms with van der Waals surface area (Å²) in [5.74, 6) is 0.486. The number of rotatable bonds is 5. The van der Waals surface area contributed by atoms with Crippen LogP contribution in [-0.4, -0.2) is 26.0 Å². The lowest BCUT2D eigenvalue weighted by atomic mass is 9.78. The van der Waals surface area contributed by atoms with Crippen LogP contribution in [0.5, 0.6) is 0 Å². The Kier molecular flexibility index (Phi) is 4.18. The fraction of sp³-hybridized carbons (Fsp3) is 0.467. The number of aromatic nitrogens is 3. The molecule has 4 nitrogen and oxygen atoms in total. The largest absolute Gasteiger partial charge is 0.392 e. The number of aliphatic hydroxyl groups excluding tert-OH is 1. The zero-order valence-electron chi connectivity index (χ0n) is 12.0. The topological polar surface area (TPSA) is 50.9 Å². The second-order valence-electron chi connectivity index (χ2n) is 5.44. The van der Waals surface area contributed by atoms with Crippen LogP contribution in [0.4, 0.5) is 4.39 Å². The molecular formula is C15H20FN3O. The van der Waals surface area contributed by atoms with E-state index >= 15 is 0 Å². The predicted octanol–water partition coefficient (Wildman–Crippen LogP) is 2.32. The van der Waals surface area contributed by atoms with Gasteiger partial charge < -0.3 is 5.11 Å². The van der Waals surface area contributed by atoms with Gasteiger partial charge in [-0.1, -0.05) is 26.0 Å². The molecule has 1 aromatic heterocycles. The highest BCUT2D eigenvalue weighted by Gasteiger charge is 2.31. The summed E-state index contributed by atoms with van der Waals surface area (Å²) in [6.45, 7) is 6.59. The second kappa shape index (κ2) is 5.71. The van der Waals surface area contributed by atoms with Crippen LogP contribution in [0.2, 0.25) is 0 Å². The van der Waals surface area contributed by atoms with E-state index in [9.17, 15) is 9.50 Å². The van der Waals surface area contributed by atoms with Gasteiger partial charge in [0.25, 0.3) is 0 Å². The molecule has 0 saturated heterocycles. The number of benzene rings is 1. The van der Waals surface area contributed by atoms with Gasteiger partial charge in [-0.25, -0.2) is 9.37 Å². The first-order chi connectivity index (χ1) is 9.45. The Labute approximate surface area is 118 Å². The maximum absolute atomic E-state index is 13.0. The standard InChI is InChI=1S/C15H20FN3O/c1-4-19-14(17-10-18-19)9-13(20)15(2,3)11-5-7-12(16)8-6-11/h5-8,10,13,20H,4,9H2,1-3H3. The Bertz CT molecular complexity index is 563. The maximum atomic E-state index is 13.0. The summed E-state index contributed by atoms with van der Waals surface area (Å²) in [6.07, 6.45) is 1.29. The minimum Gasteiger partial charge on any atom is -0.392 e. The van der Waals surface area contributed by atoms with Crippen LogP contribution >= 0.6 is 0 Å². The summed E-state index contributed by atoms with van der Waals surface area (Å²) in [5.41, 5.74) is 0.409. The molecular weight excluding hydrogens is 257 g/mol. The molecule has 0 spiro atoms. The van der Waals surface area contributed by atoms with Gasteiger partial charge in [0.2, 0.25) is 0 Å². The van der Waals surface area contributed by atoms with Crippen molar-refractivity contribution in [3.63, 3.8) is 0 Å². The summed E-state index contributed by atoms with van der Waals surface area (Å²) in [7, 11) is 0. The van der Waals surface area contributed by atoms with Crippen LogP contribution in [0.1, 0.15) is 32.2 Å². The van der Waals surface area contributed by atoms with Crippen LogP contribution in [0, 0.1) is 5.82 Å². The molecule has 0 amide bonds. The molecule has 1 aromatic carbocycles. The van der Waals surface area contributed by atoms with E-state index in [1.165, 1.54) is 18.5 Å². The monoisotopic (exact) mass is 277 g/mol. The first-order valence-corrected chi connectivity index (χ1v) is 6.76. The van der Waals surface area contributed by atoms with Crippen molar-refractivity contribution < 1.29 is 9.50 Å². The zero-order valence-corrected chi connectivity index (χ0v) is 12.0. The van der Waals surface area contributed by atoms with Crippen LogP contribution < -0.4 is 0 Å². The Balaban J connectivity index is 2.18. The molecule has 0 aliphatic heterocycles. The minimum atomic E-state index is -0.623. The molecule has 0 saturated carbocycles. The van der Waals surface area contributed by atoms with E-state index < -0.39 is 11.5 Å². The van der Waals surface area contributed by atoms with Crippen LogP contribution in [0.15, 0.2) is 30.6 Å². The van der Waals surface area contributed by atoms with E-state index in [4.69, 9.17) is 0 Å². The van der Waals surface area contributed by atoms with E-state index in [-0.39, 0.29) is 5.82 Å². The van der Waals surface area contributed by atoms with Crippen molar-refractivity contribution in [2.24, 2.45) is 0 Å². The fourth-order valence-electron chi connectivity index (χ4n) is 2.21. The van der Waals surface area contributed by atoms with Crippen molar-refractivity contribution in [1.29, 1.82) is 0 Å². The molecule has 5 heteroatoms. The van der Waals surface area contributed by atoms with Crippen molar-refractivity contribution in [2.45, 2.75) is 45.3 Å². The first kappa shape index (κ1) is 14.7. The van der Waals surface area contributed by atoms with E-state index in [2.05, 4.69) is 10.1 Å². The maximum Gasteiger partial charge on any atom is 0.138 e. The Morgan fingerprint density at radius 2 is 1.95 bits per heavy atom. The van der Waals surface area contributed by atoms with Gasteiger partial charge in [0.15, 0.2) is 0 Å². The highest BCUT2D eigenvalue weighted by atomic mass is 19.1. The molecule has 0 aliphatic rings. The number of nitrogens with zero attached hydrogens (tertiary/aromatic N) is 3. The summed E-state index contributed by atoms with van der Waals surface area (Å²) in [6, 6.07) is 6.25. The number of aliphatic hydroxyl groups is 1. The minimum absolute atomic E-state index is 0.273. The van der Waals surface area contributed by atoms with Crippen LogP contribution in [0.3, 0.4) is 0 Å². The Hall–Kier alpha value is -1.75. The molecule has 1 heterocycles. The van der Waals surface area contributed by atoms with Crippen LogP contribution in [-0.2, 0) is 18.4 Å². The quantitative estimate of drug-likeness (QED) is 0.912. The van der Waals surface area contributed by atoms with Gasteiger partial charge >= 0.3 is 0 Å². The lowest BCUT2D eigenvalue weighted by Crippen LogP contribution is -2.36. The van der Waals surface area contributed by atoms with Crippen molar-refractivity contribution >= 4 is 0 Å². The van der Waals surface area contributed by atoms with Gasteiger partial charge in [0.05, 0.1) is 6.10 Å². The SMILES string of the molecule is CCn1ncnc1CC(O)C(C)(C)c1ccc(F)cc1. The van der Waals surface area contributed by atoms with Crippen molar-refractivity contribution in [1.82, 2.24) is 14.8 Å². The normalized spacial score (nSPS) is 13.4. The lowest BCUT2D eigenvalue weighted by Gasteiger charge is -2.31. The lowest BCUT2D eigenvalue weighted by molar-refractivity contribution is 0.0968. The van der Waals surface area contributed by atoms with Gasteiger partial charge in [-0.3, -0.25) is 4.68 Å². The molecule has 2 rings (SSSR count). The summed E-state index contributed by atoms with van der Waals surface area (Å²) < 4.78 is 14.8. The predicted molar refractivity (Wildman–Crippen MR) is 74.8 cm³/mol. The average Bonchev–Trinajstić information content (AvgIpc) is 2.86. The molecule has 1 N–H and O–H groups in total. The molecule has 0 fully saturated rings. The molecule has 20 heavy (non-hydrogen) atoms. The molecule has 0 bridgehead atoms. The van der Waals surface area contributed by atoms with Gasteiger partial charge in [-0.2, -0.15) is 5.10 Å². The molecule has 2 aromatic rings. The number of hydrogen-bond acceptors (Lipinski definition) is 3. The van der Waals surface area contributed by atoms with Crippen molar-refractivity contribution in [3.05, 3.63) is 47.8 Å². The summed E-state index contributed by atoms with van der Waals surface area (Å²) in [4.78, 5) is 4.18. The molecule has 0 radical (unpaired) electrons. The number of hydrogen-bond donors (Lipinski definition) is 1. The Morgan fingerprint density at radius 1 is 1.30 bits per heavy atom.